The number of carboxylic acid groups (broad SMARTS) is 1. The van der Waals surface area contributed by atoms with Gasteiger partial charge in [0.1, 0.15) is 17.6 Å². The number of tetrazole rings is 1. The lowest BCUT2D eigenvalue weighted by Crippen LogP contribution is -2.80. The summed E-state index contributed by atoms with van der Waals surface area (Å²) < 4.78 is 13.0. The predicted octanol–water partition coefficient (Wildman–Crippen LogP) is -2.05. The number of aliphatic carboxylic acids is 1. The lowest BCUT2D eigenvalue weighted by molar-refractivity contribution is -0.873. The Balaban J connectivity index is 1.91. The van der Waals surface area contributed by atoms with E-state index in [2.05, 4.69) is 20.8 Å². The van der Waals surface area contributed by atoms with Gasteiger partial charge in [0.15, 0.2) is 6.10 Å². The highest BCUT2D eigenvalue weighted by molar-refractivity contribution is 8.01. The predicted molar refractivity (Wildman–Crippen MR) is 143 cm³/mol. The van der Waals surface area contributed by atoms with Crippen LogP contribution < -0.4 is 10.4 Å². The number of fused-ring (bicyclic) bond motifs is 1. The van der Waals surface area contributed by atoms with E-state index in [0.717, 1.165) is 11.8 Å². The quantitative estimate of drug-likeness (QED) is 0.0601. The van der Waals surface area contributed by atoms with Gasteiger partial charge in [-0.3, -0.25) is 14.5 Å². The largest absolute Gasteiger partial charge is 0.550 e. The molecule has 1 fully saturated rings. The zero-order valence-electron chi connectivity index (χ0n) is 22.6. The first-order valence-corrected chi connectivity index (χ1v) is 15.1. The van der Waals surface area contributed by atoms with E-state index < -0.39 is 47.4 Å². The number of amides is 2. The van der Waals surface area contributed by atoms with Crippen molar-refractivity contribution in [1.82, 2.24) is 30.4 Å². The number of methoxy groups -OCH3 is 1. The monoisotopic (exact) mass is 614 g/mol. The second-order valence-electron chi connectivity index (χ2n) is 9.88. The molecule has 0 aliphatic carbocycles. The first kappa shape index (κ1) is 31.7. The van der Waals surface area contributed by atoms with E-state index in [1.807, 2.05) is 27.2 Å². The number of esters is 1. The standard InChI is InChI=1S/C22H30N8O7S3/c1-28-21(25-26-27-28)40-11-13-10-39-20-22(36-5,24-15(31)12-38-7-6-23)19(35)29(20)17(13)18(34)37-14(8-16(32)33)9-30(2,3)4/h14,20H,7-12H2,1-5H3,(H-,24,31,32,33)/t14?,20-,22+/m1/s1. The molecular weight excluding hydrogens is 584 g/mol. The summed E-state index contributed by atoms with van der Waals surface area (Å²) >= 11 is 3.63. The molecule has 218 valence electrons. The molecule has 1 aromatic heterocycles. The molecule has 1 N–H and O–H groups in total. The van der Waals surface area contributed by atoms with Crippen molar-refractivity contribution in [1.29, 1.82) is 5.26 Å². The number of likely N-dealkylation sites (N-methyl/N-ethyl adjacent to an activating group) is 1. The Kier molecular flexibility index (Phi) is 10.5. The van der Waals surface area contributed by atoms with Gasteiger partial charge in [-0.1, -0.05) is 11.8 Å². The van der Waals surface area contributed by atoms with E-state index in [-0.39, 0.29) is 35.3 Å². The highest BCUT2D eigenvalue weighted by Gasteiger charge is 2.66. The van der Waals surface area contributed by atoms with Crippen molar-refractivity contribution in [2.75, 3.05) is 57.8 Å². The summed E-state index contributed by atoms with van der Waals surface area (Å²) in [4.78, 5) is 52.4. The zero-order valence-corrected chi connectivity index (χ0v) is 25.1. The number of quaternary nitrogens is 1. The maximum atomic E-state index is 13.6. The van der Waals surface area contributed by atoms with Gasteiger partial charge in [-0.25, -0.2) is 9.48 Å². The molecule has 3 rings (SSSR count). The third-order valence-corrected chi connectivity index (χ3v) is 9.00. The number of aryl methyl sites for hydroxylation is 1. The van der Waals surface area contributed by atoms with Gasteiger partial charge in [0, 0.05) is 38.1 Å². The fraction of sp³-hybridized carbons (Fsp3) is 0.636. The highest BCUT2D eigenvalue weighted by atomic mass is 32.2. The third kappa shape index (κ3) is 7.26. The van der Waals surface area contributed by atoms with Crippen LogP contribution in [0.4, 0.5) is 0 Å². The summed E-state index contributed by atoms with van der Waals surface area (Å²) in [6.45, 7) is 0.187. The zero-order chi connectivity index (χ0) is 29.7. The number of rotatable bonds is 14. The lowest BCUT2D eigenvalue weighted by atomic mass is 9.98. The second-order valence-corrected chi connectivity index (χ2v) is 12.9. The summed E-state index contributed by atoms with van der Waals surface area (Å²) in [5, 5.41) is 33.7. The van der Waals surface area contributed by atoms with Crippen LogP contribution in [0.15, 0.2) is 16.4 Å². The lowest BCUT2D eigenvalue weighted by Gasteiger charge is -2.56. The number of nitrogens with zero attached hydrogens (tertiary/aromatic N) is 7. The first-order chi connectivity index (χ1) is 18.8. The first-order valence-electron chi connectivity index (χ1n) is 11.9. The molecule has 18 heteroatoms. The number of carboxylic acids is 1. The van der Waals surface area contributed by atoms with Crippen LogP contribution in [0.3, 0.4) is 0 Å². The van der Waals surface area contributed by atoms with Gasteiger partial charge < -0.3 is 29.2 Å². The fourth-order valence-electron chi connectivity index (χ4n) is 4.12. The molecule has 3 heterocycles. The van der Waals surface area contributed by atoms with Gasteiger partial charge in [-0.05, 0) is 16.0 Å². The normalized spacial score (nSPS) is 21.2. The van der Waals surface area contributed by atoms with Crippen molar-refractivity contribution in [3.8, 4) is 6.07 Å². The molecule has 0 spiro atoms. The minimum Gasteiger partial charge on any atom is -0.550 e. The molecule has 0 bridgehead atoms. The maximum Gasteiger partial charge on any atom is 0.355 e. The van der Waals surface area contributed by atoms with Crippen molar-refractivity contribution < 1.29 is 38.2 Å². The Morgan fingerprint density at radius 3 is 2.67 bits per heavy atom. The van der Waals surface area contributed by atoms with E-state index >= 15 is 0 Å². The van der Waals surface area contributed by atoms with Crippen LogP contribution in [-0.4, -0.2) is 128 Å². The number of hydrogen-bond acceptors (Lipinski definition) is 14. The van der Waals surface area contributed by atoms with Gasteiger partial charge in [-0.2, -0.15) is 5.26 Å². The minimum atomic E-state index is -1.72. The number of thioether (sulfide) groups is 3. The van der Waals surface area contributed by atoms with Gasteiger partial charge >= 0.3 is 5.97 Å². The summed E-state index contributed by atoms with van der Waals surface area (Å²) in [6.07, 6.45) is -1.54. The molecule has 2 amide bonds. The Bertz CT molecular complexity index is 1230. The van der Waals surface area contributed by atoms with Crippen molar-refractivity contribution in [3.63, 3.8) is 0 Å². The Morgan fingerprint density at radius 2 is 2.10 bits per heavy atom. The van der Waals surface area contributed by atoms with Crippen LogP contribution >= 0.6 is 35.3 Å². The molecule has 1 unspecified atom stereocenters. The van der Waals surface area contributed by atoms with E-state index in [4.69, 9.17) is 14.7 Å². The van der Waals surface area contributed by atoms with Crippen LogP contribution in [0, 0.1) is 11.3 Å². The average Bonchev–Trinajstić information content (AvgIpc) is 3.28. The second kappa shape index (κ2) is 13.2. The smallest absolute Gasteiger partial charge is 0.355 e. The number of β-lactam (4-membered cyclic amide) rings is 1. The van der Waals surface area contributed by atoms with Crippen LogP contribution in [0.2, 0.25) is 0 Å². The SMILES string of the molecule is CO[C@@]1(NC(=O)CSCC#N)C(=O)N2C(C(=O)OC(CC(=O)[O-])C[N+](C)(C)C)=C(CSc3nnnn3C)CS[C@@H]21. The molecule has 0 saturated carbocycles. The minimum absolute atomic E-state index is 0.0399. The molecule has 15 nitrogen and oxygen atoms in total. The topological polar surface area (TPSA) is 192 Å². The van der Waals surface area contributed by atoms with Gasteiger partial charge in [-0.15, -0.1) is 28.6 Å². The molecule has 1 aromatic rings. The van der Waals surface area contributed by atoms with E-state index in [1.165, 1.54) is 40.2 Å². The highest BCUT2D eigenvalue weighted by Crippen LogP contribution is 2.47. The molecule has 0 radical (unpaired) electrons. The van der Waals surface area contributed by atoms with Crippen LogP contribution in [0.5, 0.6) is 0 Å². The number of nitriles is 1. The Morgan fingerprint density at radius 1 is 1.38 bits per heavy atom. The molecule has 1 saturated heterocycles. The Hall–Kier alpha value is -2.85. The van der Waals surface area contributed by atoms with Crippen molar-refractivity contribution >= 4 is 59.0 Å². The Labute approximate surface area is 243 Å². The van der Waals surface area contributed by atoms with E-state index in [1.54, 1.807) is 7.05 Å². The van der Waals surface area contributed by atoms with Crippen LogP contribution in [0.1, 0.15) is 6.42 Å². The van der Waals surface area contributed by atoms with E-state index in [0.29, 0.717) is 15.2 Å². The number of carbonyl (C=O) groups excluding carboxylic acids is 4. The summed E-state index contributed by atoms with van der Waals surface area (Å²) in [6, 6.07) is 1.93. The van der Waals surface area contributed by atoms with Gasteiger partial charge in [0.05, 0.1) is 38.7 Å². The third-order valence-electron chi connectivity index (χ3n) is 5.73. The number of hydrogen-bond donors (Lipinski definition) is 1. The molecule has 40 heavy (non-hydrogen) atoms. The fourth-order valence-corrected chi connectivity index (χ4v) is 7.00. The van der Waals surface area contributed by atoms with E-state index in [9.17, 15) is 24.3 Å². The summed E-state index contributed by atoms with van der Waals surface area (Å²) in [5.41, 5.74) is -1.22. The molecule has 2 aliphatic heterocycles. The molecule has 2 aliphatic rings. The van der Waals surface area contributed by atoms with Crippen LogP contribution in [-0.2, 0) is 35.7 Å². The number of ether oxygens (including phenoxy) is 2. The van der Waals surface area contributed by atoms with Gasteiger partial charge in [0.2, 0.25) is 11.1 Å². The van der Waals surface area contributed by atoms with Crippen LogP contribution in [0.25, 0.3) is 0 Å². The average molecular weight is 615 g/mol. The number of nitrogens with one attached hydrogen (secondary N) is 1. The maximum absolute atomic E-state index is 13.6. The van der Waals surface area contributed by atoms with Crippen molar-refractivity contribution in [3.05, 3.63) is 11.3 Å². The van der Waals surface area contributed by atoms with Gasteiger partial charge in [0.25, 0.3) is 11.6 Å². The molecule has 3 atom stereocenters. The molecular formula is C22H30N8O7S3. The molecule has 0 aromatic carbocycles. The number of carbonyl (C=O) groups is 4. The van der Waals surface area contributed by atoms with Crippen molar-refractivity contribution in [2.45, 2.75) is 28.8 Å². The number of aromatic nitrogens is 4. The summed E-state index contributed by atoms with van der Waals surface area (Å²) in [7, 11) is 8.41. The summed E-state index contributed by atoms with van der Waals surface area (Å²) in [5.74, 6) is -2.86. The van der Waals surface area contributed by atoms with Crippen molar-refractivity contribution in [2.24, 2.45) is 7.05 Å².